The Kier molecular flexibility index (Phi) is 4.01. The minimum atomic E-state index is -0.358. The number of hydrogen-bond donors (Lipinski definition) is 1. The topological polar surface area (TPSA) is 51.2 Å². The van der Waals surface area contributed by atoms with Crippen molar-refractivity contribution in [3.8, 4) is 0 Å². The lowest BCUT2D eigenvalue weighted by Gasteiger charge is -2.20. The molecule has 1 aromatic heterocycles. The first-order chi connectivity index (χ1) is 7.42. The van der Waals surface area contributed by atoms with Crippen LogP contribution in [0.5, 0.6) is 0 Å². The molecule has 4 heteroatoms. The molecule has 0 spiro atoms. The summed E-state index contributed by atoms with van der Waals surface area (Å²) in [5, 5.41) is 3.32. The molecule has 1 N–H and O–H groups in total. The standard InChI is InChI=1S/C12H18N2O2/c1-12(2,3)14-8-10-6-5-9(7-13-10)11(15)16-4/h5-7,14H,8H2,1-4H3. The van der Waals surface area contributed by atoms with E-state index in [0.717, 1.165) is 5.69 Å². The van der Waals surface area contributed by atoms with Crippen molar-refractivity contribution in [1.29, 1.82) is 0 Å². The van der Waals surface area contributed by atoms with Gasteiger partial charge in [-0.3, -0.25) is 4.98 Å². The van der Waals surface area contributed by atoms with Crippen LogP contribution < -0.4 is 5.32 Å². The van der Waals surface area contributed by atoms with Gasteiger partial charge in [0.05, 0.1) is 18.4 Å². The average Bonchev–Trinajstić information content (AvgIpc) is 2.25. The fourth-order valence-corrected chi connectivity index (χ4v) is 1.12. The molecule has 0 aromatic carbocycles. The molecular weight excluding hydrogens is 204 g/mol. The number of carbonyl (C=O) groups excluding carboxylic acids is 1. The highest BCUT2D eigenvalue weighted by Crippen LogP contribution is 2.04. The summed E-state index contributed by atoms with van der Waals surface area (Å²) in [6.07, 6.45) is 1.53. The van der Waals surface area contributed by atoms with E-state index in [-0.39, 0.29) is 11.5 Å². The van der Waals surface area contributed by atoms with Crippen molar-refractivity contribution in [2.45, 2.75) is 32.9 Å². The minimum absolute atomic E-state index is 0.0582. The molecule has 0 unspecified atom stereocenters. The first kappa shape index (κ1) is 12.6. The van der Waals surface area contributed by atoms with Gasteiger partial charge in [0.2, 0.25) is 0 Å². The van der Waals surface area contributed by atoms with Crippen LogP contribution in [-0.4, -0.2) is 23.6 Å². The van der Waals surface area contributed by atoms with Gasteiger partial charge in [-0.25, -0.2) is 4.79 Å². The molecule has 0 bridgehead atoms. The molecule has 0 amide bonds. The Balaban J connectivity index is 2.62. The number of rotatable bonds is 3. The largest absolute Gasteiger partial charge is 0.465 e. The highest BCUT2D eigenvalue weighted by Gasteiger charge is 2.09. The van der Waals surface area contributed by atoms with Crippen LogP contribution in [0, 0.1) is 0 Å². The van der Waals surface area contributed by atoms with E-state index in [1.54, 1.807) is 6.07 Å². The predicted molar refractivity (Wildman–Crippen MR) is 62.2 cm³/mol. The molecule has 1 aromatic rings. The third-order valence-electron chi connectivity index (χ3n) is 2.05. The molecule has 0 aliphatic rings. The van der Waals surface area contributed by atoms with Crippen molar-refractivity contribution in [2.24, 2.45) is 0 Å². The minimum Gasteiger partial charge on any atom is -0.465 e. The summed E-state index contributed by atoms with van der Waals surface area (Å²) in [7, 11) is 1.36. The second-order valence-corrected chi connectivity index (χ2v) is 4.63. The first-order valence-corrected chi connectivity index (χ1v) is 5.20. The van der Waals surface area contributed by atoms with Crippen molar-refractivity contribution >= 4 is 5.97 Å². The number of nitrogens with zero attached hydrogens (tertiary/aromatic N) is 1. The molecule has 0 aliphatic heterocycles. The third kappa shape index (κ3) is 3.98. The van der Waals surface area contributed by atoms with E-state index in [2.05, 4.69) is 35.8 Å². The van der Waals surface area contributed by atoms with Crippen molar-refractivity contribution in [2.75, 3.05) is 7.11 Å². The highest BCUT2D eigenvalue weighted by atomic mass is 16.5. The van der Waals surface area contributed by atoms with Crippen LogP contribution in [0.15, 0.2) is 18.3 Å². The number of pyridine rings is 1. The second-order valence-electron chi connectivity index (χ2n) is 4.63. The molecule has 0 fully saturated rings. The lowest BCUT2D eigenvalue weighted by molar-refractivity contribution is 0.0600. The van der Waals surface area contributed by atoms with Crippen LogP contribution in [0.25, 0.3) is 0 Å². The van der Waals surface area contributed by atoms with Crippen LogP contribution >= 0.6 is 0 Å². The SMILES string of the molecule is COC(=O)c1ccc(CNC(C)(C)C)nc1. The Morgan fingerprint density at radius 1 is 1.44 bits per heavy atom. The Labute approximate surface area is 96.0 Å². The van der Waals surface area contributed by atoms with Gasteiger partial charge >= 0.3 is 5.97 Å². The Bertz CT molecular complexity index is 352. The van der Waals surface area contributed by atoms with Crippen molar-refractivity contribution in [3.05, 3.63) is 29.6 Å². The van der Waals surface area contributed by atoms with Crippen molar-refractivity contribution < 1.29 is 9.53 Å². The zero-order valence-corrected chi connectivity index (χ0v) is 10.2. The summed E-state index contributed by atoms with van der Waals surface area (Å²) < 4.78 is 4.60. The summed E-state index contributed by atoms with van der Waals surface area (Å²) in [4.78, 5) is 15.4. The van der Waals surface area contributed by atoms with E-state index in [1.807, 2.05) is 6.07 Å². The van der Waals surface area contributed by atoms with Gasteiger partial charge in [0.1, 0.15) is 0 Å². The number of hydrogen-bond acceptors (Lipinski definition) is 4. The van der Waals surface area contributed by atoms with Crippen LogP contribution in [0.1, 0.15) is 36.8 Å². The Hall–Kier alpha value is -1.42. The fourth-order valence-electron chi connectivity index (χ4n) is 1.12. The molecule has 0 saturated heterocycles. The number of methoxy groups -OCH3 is 1. The first-order valence-electron chi connectivity index (χ1n) is 5.20. The zero-order chi connectivity index (χ0) is 12.2. The second kappa shape index (κ2) is 5.07. The average molecular weight is 222 g/mol. The maximum atomic E-state index is 11.2. The summed E-state index contributed by atoms with van der Waals surface area (Å²) in [6.45, 7) is 6.96. The van der Waals surface area contributed by atoms with Crippen molar-refractivity contribution in [3.63, 3.8) is 0 Å². The number of aromatic nitrogens is 1. The fraction of sp³-hybridized carbons (Fsp3) is 0.500. The van der Waals surface area contributed by atoms with Gasteiger partial charge in [-0.15, -0.1) is 0 Å². The van der Waals surface area contributed by atoms with Gasteiger partial charge in [-0.1, -0.05) is 0 Å². The quantitative estimate of drug-likeness (QED) is 0.792. The molecule has 0 saturated carbocycles. The van der Waals surface area contributed by atoms with E-state index in [0.29, 0.717) is 12.1 Å². The molecule has 4 nitrogen and oxygen atoms in total. The smallest absolute Gasteiger partial charge is 0.339 e. The monoisotopic (exact) mass is 222 g/mol. The number of carbonyl (C=O) groups is 1. The normalized spacial score (nSPS) is 11.2. The van der Waals surface area contributed by atoms with Gasteiger partial charge in [0.25, 0.3) is 0 Å². The molecule has 1 heterocycles. The van der Waals surface area contributed by atoms with E-state index in [1.165, 1.54) is 13.3 Å². The molecule has 0 radical (unpaired) electrons. The van der Waals surface area contributed by atoms with Gasteiger partial charge in [0.15, 0.2) is 0 Å². The molecule has 16 heavy (non-hydrogen) atoms. The maximum Gasteiger partial charge on any atom is 0.339 e. The molecule has 0 aliphatic carbocycles. The zero-order valence-electron chi connectivity index (χ0n) is 10.2. The lowest BCUT2D eigenvalue weighted by Crippen LogP contribution is -2.35. The number of ether oxygens (including phenoxy) is 1. The Morgan fingerprint density at radius 3 is 2.56 bits per heavy atom. The summed E-state index contributed by atoms with van der Waals surface area (Å²) >= 11 is 0. The molecular formula is C12H18N2O2. The summed E-state index contributed by atoms with van der Waals surface area (Å²) in [6, 6.07) is 3.55. The van der Waals surface area contributed by atoms with Gasteiger partial charge in [-0.05, 0) is 32.9 Å². The molecule has 0 atom stereocenters. The molecule has 88 valence electrons. The summed E-state index contributed by atoms with van der Waals surface area (Å²) in [5.41, 5.74) is 1.44. The summed E-state index contributed by atoms with van der Waals surface area (Å²) in [5.74, 6) is -0.358. The van der Waals surface area contributed by atoms with E-state index in [4.69, 9.17) is 0 Å². The van der Waals surface area contributed by atoms with Crippen LogP contribution in [0.4, 0.5) is 0 Å². The van der Waals surface area contributed by atoms with E-state index < -0.39 is 0 Å². The van der Waals surface area contributed by atoms with Crippen LogP contribution in [0.2, 0.25) is 0 Å². The third-order valence-corrected chi connectivity index (χ3v) is 2.05. The van der Waals surface area contributed by atoms with E-state index in [9.17, 15) is 4.79 Å². The van der Waals surface area contributed by atoms with Crippen LogP contribution in [-0.2, 0) is 11.3 Å². The van der Waals surface area contributed by atoms with Crippen molar-refractivity contribution in [1.82, 2.24) is 10.3 Å². The van der Waals surface area contributed by atoms with Gasteiger partial charge in [-0.2, -0.15) is 0 Å². The Morgan fingerprint density at radius 2 is 2.12 bits per heavy atom. The highest BCUT2D eigenvalue weighted by molar-refractivity contribution is 5.88. The molecule has 1 rings (SSSR count). The number of esters is 1. The maximum absolute atomic E-state index is 11.2. The van der Waals surface area contributed by atoms with Gasteiger partial charge in [0, 0.05) is 18.3 Å². The predicted octanol–water partition coefficient (Wildman–Crippen LogP) is 1.76. The number of nitrogens with one attached hydrogen (secondary N) is 1. The lowest BCUT2D eigenvalue weighted by atomic mass is 10.1. The van der Waals surface area contributed by atoms with Crippen LogP contribution in [0.3, 0.4) is 0 Å². The van der Waals surface area contributed by atoms with Gasteiger partial charge < -0.3 is 10.1 Å². The van der Waals surface area contributed by atoms with E-state index >= 15 is 0 Å².